The molecule has 0 aliphatic rings. The van der Waals surface area contributed by atoms with Crippen LogP contribution in [-0.4, -0.2) is 33.9 Å². The summed E-state index contributed by atoms with van der Waals surface area (Å²) in [5, 5.41) is 26.1. The zero-order valence-electron chi connectivity index (χ0n) is 8.21. The van der Waals surface area contributed by atoms with E-state index >= 15 is 0 Å². The molecule has 0 unspecified atom stereocenters. The van der Waals surface area contributed by atoms with Crippen molar-refractivity contribution in [1.29, 1.82) is 0 Å². The molecule has 0 saturated carbocycles. The maximum Gasteiger partial charge on any atom is 0.341 e. The van der Waals surface area contributed by atoms with Crippen LogP contribution in [-0.2, 0) is 11.4 Å². The number of aliphatic hydroxyl groups is 1. The number of aliphatic hydroxyl groups excluding tert-OH is 1. The van der Waals surface area contributed by atoms with Gasteiger partial charge < -0.3 is 20.1 Å². The van der Waals surface area contributed by atoms with Crippen molar-refractivity contribution in [2.75, 3.05) is 6.61 Å². The maximum absolute atomic E-state index is 10.7. The highest BCUT2D eigenvalue weighted by Gasteiger charge is 2.10. The molecule has 0 aromatic heterocycles. The summed E-state index contributed by atoms with van der Waals surface area (Å²) >= 11 is 0. The van der Waals surface area contributed by atoms with Gasteiger partial charge in [0.25, 0.3) is 0 Å². The molecule has 0 spiro atoms. The number of aromatic carboxylic acids is 1. The number of carbonyl (C=O) groups is 2. The highest BCUT2D eigenvalue weighted by molar-refractivity contribution is 5.88. The first kappa shape index (κ1) is 12.0. The van der Waals surface area contributed by atoms with Gasteiger partial charge in [-0.3, -0.25) is 0 Å². The van der Waals surface area contributed by atoms with Crippen molar-refractivity contribution in [3.05, 3.63) is 29.3 Å². The van der Waals surface area contributed by atoms with E-state index in [9.17, 15) is 9.59 Å². The summed E-state index contributed by atoms with van der Waals surface area (Å²) < 4.78 is 4.86. The van der Waals surface area contributed by atoms with E-state index in [4.69, 9.17) is 20.1 Å². The Bertz CT molecular complexity index is 412. The minimum absolute atomic E-state index is 0.0300. The molecule has 0 atom stereocenters. The molecule has 1 aromatic carbocycles. The second-order valence-electron chi connectivity index (χ2n) is 2.97. The van der Waals surface area contributed by atoms with E-state index in [2.05, 4.69) is 0 Å². The van der Waals surface area contributed by atoms with Gasteiger partial charge in [0.2, 0.25) is 0 Å². The van der Waals surface area contributed by atoms with Crippen molar-refractivity contribution in [2.45, 2.75) is 6.61 Å². The summed E-state index contributed by atoms with van der Waals surface area (Å²) in [4.78, 5) is 20.9. The quantitative estimate of drug-likeness (QED) is 0.668. The van der Waals surface area contributed by atoms with E-state index in [-0.39, 0.29) is 17.9 Å². The number of benzene rings is 1. The zero-order valence-corrected chi connectivity index (χ0v) is 8.21. The average molecular weight is 226 g/mol. The fraction of sp³-hybridized carbons (Fsp3) is 0.200. The Balaban J connectivity index is 2.97. The molecular weight excluding hydrogens is 216 g/mol. The molecule has 16 heavy (non-hydrogen) atoms. The molecule has 0 aliphatic carbocycles. The lowest BCUT2D eigenvalue weighted by atomic mass is 10.1. The molecule has 0 fully saturated rings. The number of carboxylic acids is 2. The summed E-state index contributed by atoms with van der Waals surface area (Å²) in [6, 6.07) is 3.86. The molecule has 0 saturated heterocycles. The molecule has 0 bridgehead atoms. The highest BCUT2D eigenvalue weighted by atomic mass is 16.5. The minimum atomic E-state index is -1.18. The van der Waals surface area contributed by atoms with Gasteiger partial charge in [0.15, 0.2) is 6.61 Å². The van der Waals surface area contributed by atoms with E-state index in [1.165, 1.54) is 18.2 Å². The number of carboxylic acid groups (broad SMARTS) is 2. The molecule has 0 radical (unpaired) electrons. The first-order valence-corrected chi connectivity index (χ1v) is 4.36. The van der Waals surface area contributed by atoms with Crippen LogP contribution >= 0.6 is 0 Å². The normalized spacial score (nSPS) is 9.81. The van der Waals surface area contributed by atoms with Crippen LogP contribution in [0.1, 0.15) is 15.9 Å². The third-order valence-corrected chi connectivity index (χ3v) is 1.84. The number of rotatable bonds is 5. The van der Waals surface area contributed by atoms with Gasteiger partial charge in [-0.2, -0.15) is 0 Å². The average Bonchev–Trinajstić information content (AvgIpc) is 2.25. The molecule has 0 heterocycles. The van der Waals surface area contributed by atoms with Crippen molar-refractivity contribution in [3.8, 4) is 5.75 Å². The Morgan fingerprint density at radius 1 is 1.25 bits per heavy atom. The summed E-state index contributed by atoms with van der Waals surface area (Å²) in [5.74, 6) is -2.26. The number of ether oxygens (including phenoxy) is 1. The van der Waals surface area contributed by atoms with E-state index in [0.29, 0.717) is 5.56 Å². The summed E-state index contributed by atoms with van der Waals surface area (Å²) in [6.45, 7) is -0.940. The van der Waals surface area contributed by atoms with Gasteiger partial charge in [0.1, 0.15) is 5.75 Å². The van der Waals surface area contributed by atoms with Gasteiger partial charge in [0, 0.05) is 5.56 Å². The molecule has 0 amide bonds. The van der Waals surface area contributed by atoms with Crippen LogP contribution in [0.5, 0.6) is 5.75 Å². The smallest absolute Gasteiger partial charge is 0.341 e. The van der Waals surface area contributed by atoms with Crippen molar-refractivity contribution in [2.24, 2.45) is 0 Å². The Kier molecular flexibility index (Phi) is 3.84. The molecular formula is C10H10O6. The van der Waals surface area contributed by atoms with E-state index in [0.717, 1.165) is 0 Å². The van der Waals surface area contributed by atoms with E-state index < -0.39 is 18.5 Å². The molecule has 6 heteroatoms. The van der Waals surface area contributed by atoms with Crippen LogP contribution in [0.2, 0.25) is 0 Å². The van der Waals surface area contributed by atoms with Crippen LogP contribution in [0.4, 0.5) is 0 Å². The number of hydrogen-bond acceptors (Lipinski definition) is 4. The Labute approximate surface area is 90.7 Å². The second-order valence-corrected chi connectivity index (χ2v) is 2.97. The predicted molar refractivity (Wildman–Crippen MR) is 52.5 cm³/mol. The molecule has 1 rings (SSSR count). The Morgan fingerprint density at radius 3 is 2.44 bits per heavy atom. The summed E-state index contributed by atoms with van der Waals surface area (Å²) in [7, 11) is 0. The van der Waals surface area contributed by atoms with Crippen molar-refractivity contribution in [1.82, 2.24) is 0 Å². The fourth-order valence-electron chi connectivity index (χ4n) is 1.09. The first-order valence-electron chi connectivity index (χ1n) is 4.36. The van der Waals surface area contributed by atoms with Gasteiger partial charge in [-0.1, -0.05) is 6.07 Å². The lowest BCUT2D eigenvalue weighted by molar-refractivity contribution is -0.139. The Hall–Kier alpha value is -2.08. The third-order valence-electron chi connectivity index (χ3n) is 1.84. The molecule has 6 nitrogen and oxygen atoms in total. The largest absolute Gasteiger partial charge is 0.482 e. The van der Waals surface area contributed by atoms with Crippen molar-refractivity contribution < 1.29 is 29.6 Å². The lowest BCUT2D eigenvalue weighted by Crippen LogP contribution is -2.11. The minimum Gasteiger partial charge on any atom is -0.482 e. The second kappa shape index (κ2) is 5.13. The van der Waals surface area contributed by atoms with Crippen LogP contribution in [0, 0.1) is 0 Å². The SMILES string of the molecule is O=C(O)COc1cc(C(=O)O)ccc1CO. The molecule has 0 aliphatic heterocycles. The van der Waals surface area contributed by atoms with Gasteiger partial charge in [-0.15, -0.1) is 0 Å². The predicted octanol–water partition coefficient (Wildman–Crippen LogP) is 0.341. The van der Waals surface area contributed by atoms with Crippen LogP contribution in [0.3, 0.4) is 0 Å². The zero-order chi connectivity index (χ0) is 12.1. The molecule has 86 valence electrons. The fourth-order valence-corrected chi connectivity index (χ4v) is 1.09. The van der Waals surface area contributed by atoms with E-state index in [1.54, 1.807) is 0 Å². The molecule has 3 N–H and O–H groups in total. The standard InChI is InChI=1S/C10H10O6/c11-4-7-2-1-6(10(14)15)3-8(7)16-5-9(12)13/h1-3,11H,4-5H2,(H,12,13)(H,14,15). The highest BCUT2D eigenvalue weighted by Crippen LogP contribution is 2.20. The van der Waals surface area contributed by atoms with Gasteiger partial charge in [0.05, 0.1) is 12.2 Å². The third kappa shape index (κ3) is 2.96. The number of aliphatic carboxylic acids is 1. The van der Waals surface area contributed by atoms with Crippen molar-refractivity contribution in [3.63, 3.8) is 0 Å². The van der Waals surface area contributed by atoms with Crippen LogP contribution in [0.25, 0.3) is 0 Å². The number of hydrogen-bond donors (Lipinski definition) is 3. The summed E-state index contributed by atoms with van der Waals surface area (Å²) in [6.07, 6.45) is 0. The molecule has 1 aromatic rings. The monoisotopic (exact) mass is 226 g/mol. The maximum atomic E-state index is 10.7. The van der Waals surface area contributed by atoms with Crippen molar-refractivity contribution >= 4 is 11.9 Å². The van der Waals surface area contributed by atoms with Crippen LogP contribution < -0.4 is 4.74 Å². The van der Waals surface area contributed by atoms with Gasteiger partial charge >= 0.3 is 11.9 Å². The topological polar surface area (TPSA) is 104 Å². The van der Waals surface area contributed by atoms with Gasteiger partial charge in [-0.25, -0.2) is 9.59 Å². The first-order chi connectivity index (χ1) is 7.54. The Morgan fingerprint density at radius 2 is 1.94 bits per heavy atom. The lowest BCUT2D eigenvalue weighted by Gasteiger charge is -2.08. The summed E-state index contributed by atoms with van der Waals surface area (Å²) in [5.41, 5.74) is 0.309. The van der Waals surface area contributed by atoms with Gasteiger partial charge in [-0.05, 0) is 12.1 Å². The van der Waals surface area contributed by atoms with Crippen LogP contribution in [0.15, 0.2) is 18.2 Å². The van der Waals surface area contributed by atoms with E-state index in [1.807, 2.05) is 0 Å².